The summed E-state index contributed by atoms with van der Waals surface area (Å²) in [5.74, 6) is 0. The molecule has 0 radical (unpaired) electrons. The van der Waals surface area contributed by atoms with Crippen molar-refractivity contribution in [2.45, 2.75) is 19.3 Å². The highest BCUT2D eigenvalue weighted by molar-refractivity contribution is 5.85. The van der Waals surface area contributed by atoms with E-state index in [9.17, 15) is 13.2 Å². The minimum atomic E-state index is -4.46. The van der Waals surface area contributed by atoms with Crippen molar-refractivity contribution >= 4 is 12.4 Å². The SMILES string of the molecule is COCCOCc1nc(C(F)(F)F)ccc1CN.Cl. The third-order valence-electron chi connectivity index (χ3n) is 2.25. The Kier molecular flexibility index (Phi) is 7.93. The van der Waals surface area contributed by atoms with Crippen LogP contribution < -0.4 is 5.73 Å². The van der Waals surface area contributed by atoms with Crippen LogP contribution in [0.4, 0.5) is 13.2 Å². The lowest BCUT2D eigenvalue weighted by atomic mass is 10.1. The predicted octanol–water partition coefficient (Wildman–Crippen LogP) is 2.14. The van der Waals surface area contributed by atoms with Gasteiger partial charge in [0.15, 0.2) is 0 Å². The minimum absolute atomic E-state index is 0. The van der Waals surface area contributed by atoms with Gasteiger partial charge in [-0.1, -0.05) is 6.07 Å². The van der Waals surface area contributed by atoms with Gasteiger partial charge in [0.05, 0.1) is 25.5 Å². The van der Waals surface area contributed by atoms with Gasteiger partial charge in [-0.2, -0.15) is 13.2 Å². The van der Waals surface area contributed by atoms with Crippen LogP contribution >= 0.6 is 12.4 Å². The maximum absolute atomic E-state index is 12.5. The molecule has 0 aliphatic carbocycles. The van der Waals surface area contributed by atoms with Crippen molar-refractivity contribution in [3.8, 4) is 0 Å². The summed E-state index contributed by atoms with van der Waals surface area (Å²) in [6.07, 6.45) is -4.46. The normalized spacial score (nSPS) is 11.2. The third kappa shape index (κ3) is 5.73. The highest BCUT2D eigenvalue weighted by Crippen LogP contribution is 2.28. The topological polar surface area (TPSA) is 57.4 Å². The van der Waals surface area contributed by atoms with E-state index in [-0.39, 0.29) is 31.3 Å². The highest BCUT2D eigenvalue weighted by atomic mass is 35.5. The number of hydrogen-bond acceptors (Lipinski definition) is 4. The van der Waals surface area contributed by atoms with E-state index in [4.69, 9.17) is 15.2 Å². The molecule has 0 amide bonds. The molecule has 8 heteroatoms. The Morgan fingerprint density at radius 2 is 1.95 bits per heavy atom. The molecule has 0 unspecified atom stereocenters. The second-order valence-corrected chi connectivity index (χ2v) is 3.55. The molecule has 0 saturated heterocycles. The monoisotopic (exact) mass is 300 g/mol. The molecule has 0 saturated carbocycles. The third-order valence-corrected chi connectivity index (χ3v) is 2.25. The Morgan fingerprint density at radius 1 is 1.26 bits per heavy atom. The van der Waals surface area contributed by atoms with Crippen molar-refractivity contribution in [3.63, 3.8) is 0 Å². The van der Waals surface area contributed by atoms with Gasteiger partial charge in [-0.15, -0.1) is 12.4 Å². The van der Waals surface area contributed by atoms with Crippen LogP contribution in [0, 0.1) is 0 Å². The average Bonchev–Trinajstić information content (AvgIpc) is 2.33. The Hall–Kier alpha value is -0.890. The molecule has 2 N–H and O–H groups in total. The molecule has 110 valence electrons. The molecule has 1 heterocycles. The van der Waals surface area contributed by atoms with Crippen LogP contribution in [0.5, 0.6) is 0 Å². The van der Waals surface area contributed by atoms with Gasteiger partial charge in [-0.3, -0.25) is 0 Å². The fourth-order valence-corrected chi connectivity index (χ4v) is 1.31. The lowest BCUT2D eigenvalue weighted by molar-refractivity contribution is -0.141. The van der Waals surface area contributed by atoms with Crippen molar-refractivity contribution in [2.75, 3.05) is 20.3 Å². The number of methoxy groups -OCH3 is 1. The van der Waals surface area contributed by atoms with Crippen LogP contribution in [0.2, 0.25) is 0 Å². The van der Waals surface area contributed by atoms with E-state index in [1.165, 1.54) is 13.2 Å². The minimum Gasteiger partial charge on any atom is -0.382 e. The molecule has 0 aromatic carbocycles. The number of ether oxygens (including phenoxy) is 2. The van der Waals surface area contributed by atoms with E-state index in [2.05, 4.69) is 4.98 Å². The maximum Gasteiger partial charge on any atom is 0.433 e. The molecule has 0 fully saturated rings. The summed E-state index contributed by atoms with van der Waals surface area (Å²) >= 11 is 0. The number of hydrogen-bond donors (Lipinski definition) is 1. The number of aromatic nitrogens is 1. The van der Waals surface area contributed by atoms with Gasteiger partial charge in [-0.05, 0) is 11.6 Å². The quantitative estimate of drug-likeness (QED) is 0.818. The summed E-state index contributed by atoms with van der Waals surface area (Å²) in [5, 5.41) is 0. The fourth-order valence-electron chi connectivity index (χ4n) is 1.31. The first-order valence-electron chi connectivity index (χ1n) is 5.31. The Balaban J connectivity index is 0.00000324. The van der Waals surface area contributed by atoms with Crippen molar-refractivity contribution in [3.05, 3.63) is 29.1 Å². The molecule has 4 nitrogen and oxygen atoms in total. The van der Waals surface area contributed by atoms with Crippen molar-refractivity contribution in [2.24, 2.45) is 5.73 Å². The molecule has 0 spiro atoms. The van der Waals surface area contributed by atoms with E-state index in [1.807, 2.05) is 0 Å². The Labute approximate surface area is 115 Å². The van der Waals surface area contributed by atoms with Gasteiger partial charge >= 0.3 is 6.18 Å². The molecule has 0 bridgehead atoms. The second-order valence-electron chi connectivity index (χ2n) is 3.55. The number of alkyl halides is 3. The summed E-state index contributed by atoms with van der Waals surface area (Å²) in [6, 6.07) is 2.24. The van der Waals surface area contributed by atoms with Crippen LogP contribution in [0.25, 0.3) is 0 Å². The largest absolute Gasteiger partial charge is 0.433 e. The van der Waals surface area contributed by atoms with Crippen LogP contribution in [0.1, 0.15) is 17.0 Å². The van der Waals surface area contributed by atoms with Crippen LogP contribution in [-0.2, 0) is 28.8 Å². The summed E-state index contributed by atoms with van der Waals surface area (Å²) in [7, 11) is 1.51. The first-order valence-corrected chi connectivity index (χ1v) is 5.31. The summed E-state index contributed by atoms with van der Waals surface area (Å²) in [6.45, 7) is 0.767. The zero-order chi connectivity index (χ0) is 13.6. The van der Waals surface area contributed by atoms with Crippen molar-refractivity contribution in [1.82, 2.24) is 4.98 Å². The summed E-state index contributed by atoms with van der Waals surface area (Å²) in [5.41, 5.74) is 5.25. The van der Waals surface area contributed by atoms with Gasteiger partial charge < -0.3 is 15.2 Å². The first-order chi connectivity index (χ1) is 8.49. The number of halogens is 4. The van der Waals surface area contributed by atoms with E-state index in [0.29, 0.717) is 18.8 Å². The average molecular weight is 301 g/mol. The number of nitrogens with zero attached hydrogens (tertiary/aromatic N) is 1. The second kappa shape index (κ2) is 8.31. The van der Waals surface area contributed by atoms with E-state index in [1.54, 1.807) is 0 Å². The first kappa shape index (κ1) is 18.1. The van der Waals surface area contributed by atoms with Crippen LogP contribution in [0.3, 0.4) is 0 Å². The Morgan fingerprint density at radius 3 is 2.47 bits per heavy atom. The highest BCUT2D eigenvalue weighted by Gasteiger charge is 2.32. The molecule has 0 aliphatic heterocycles. The summed E-state index contributed by atoms with van der Waals surface area (Å²) in [4.78, 5) is 3.54. The van der Waals surface area contributed by atoms with Gasteiger partial charge in [0.2, 0.25) is 0 Å². The zero-order valence-corrected chi connectivity index (χ0v) is 11.2. The van der Waals surface area contributed by atoms with Gasteiger partial charge in [0.1, 0.15) is 5.69 Å². The molecule has 1 aromatic rings. The molecular weight excluding hydrogens is 285 g/mol. The fraction of sp³-hybridized carbons (Fsp3) is 0.545. The summed E-state index contributed by atoms with van der Waals surface area (Å²) < 4.78 is 47.4. The number of rotatable bonds is 6. The predicted molar refractivity (Wildman–Crippen MR) is 65.9 cm³/mol. The molecule has 0 aliphatic rings. The zero-order valence-electron chi connectivity index (χ0n) is 10.4. The molecule has 1 rings (SSSR count). The maximum atomic E-state index is 12.5. The number of nitrogens with two attached hydrogens (primary N) is 1. The molecular formula is C11H16ClF3N2O2. The Bertz CT molecular complexity index is 389. The van der Waals surface area contributed by atoms with Crippen LogP contribution in [-0.4, -0.2) is 25.3 Å². The van der Waals surface area contributed by atoms with E-state index < -0.39 is 11.9 Å². The number of pyridine rings is 1. The van der Waals surface area contributed by atoms with Gasteiger partial charge in [0.25, 0.3) is 0 Å². The standard InChI is InChI=1S/C11H15F3N2O2.ClH/c1-17-4-5-18-7-9-8(6-15)2-3-10(16-9)11(12,13)14;/h2-3H,4-7,15H2,1H3;1H. The van der Waals surface area contributed by atoms with Crippen LogP contribution in [0.15, 0.2) is 12.1 Å². The lowest BCUT2D eigenvalue weighted by Gasteiger charge is -2.11. The lowest BCUT2D eigenvalue weighted by Crippen LogP contribution is -2.14. The molecule has 0 atom stereocenters. The van der Waals surface area contributed by atoms with Gasteiger partial charge in [0, 0.05) is 13.7 Å². The molecule has 1 aromatic heterocycles. The smallest absolute Gasteiger partial charge is 0.382 e. The van der Waals surface area contributed by atoms with Gasteiger partial charge in [-0.25, -0.2) is 4.98 Å². The van der Waals surface area contributed by atoms with E-state index in [0.717, 1.165) is 6.07 Å². The van der Waals surface area contributed by atoms with E-state index >= 15 is 0 Å². The molecule has 19 heavy (non-hydrogen) atoms. The van der Waals surface area contributed by atoms with Crippen molar-refractivity contribution < 1.29 is 22.6 Å². The van der Waals surface area contributed by atoms with Crippen molar-refractivity contribution in [1.29, 1.82) is 0 Å².